The monoisotopic (exact) mass is 605 g/mol. The molecule has 3 rings (SSSR count). The number of likely N-dealkylation sites (tertiary alicyclic amines) is 1. The van der Waals surface area contributed by atoms with E-state index in [4.69, 9.17) is 10.5 Å². The number of carbonyl (C=O) groups is 3. The number of nitrogens with two attached hydrogens (primary N) is 1. The second kappa shape index (κ2) is 13.6. The van der Waals surface area contributed by atoms with Crippen LogP contribution < -0.4 is 15.8 Å². The first-order valence-corrected chi connectivity index (χ1v) is 14.1. The number of benzene rings is 2. The van der Waals surface area contributed by atoms with E-state index in [-0.39, 0.29) is 17.7 Å². The van der Waals surface area contributed by atoms with Crippen LogP contribution in [0.4, 0.5) is 0 Å². The Morgan fingerprint density at radius 1 is 1.08 bits per heavy atom. The summed E-state index contributed by atoms with van der Waals surface area (Å²) < 4.78 is 6.41. The predicted molar refractivity (Wildman–Crippen MR) is 149 cm³/mol. The minimum Gasteiger partial charge on any atom is -0.457 e. The number of hydrogen-bond donors (Lipinski definition) is 2. The van der Waals surface area contributed by atoms with Crippen molar-refractivity contribution in [2.24, 2.45) is 23.5 Å². The van der Waals surface area contributed by atoms with Crippen LogP contribution in [0.1, 0.15) is 45.1 Å². The van der Waals surface area contributed by atoms with Crippen molar-refractivity contribution >= 4 is 40.3 Å². The van der Waals surface area contributed by atoms with Gasteiger partial charge in [0.2, 0.25) is 17.7 Å². The lowest BCUT2D eigenvalue weighted by atomic mass is 9.85. The minimum absolute atomic E-state index is 0.0939. The third-order valence-electron chi connectivity index (χ3n) is 6.43. The quantitative estimate of drug-likeness (QED) is 0.287. The molecule has 7 nitrogen and oxygen atoms in total. The minimum atomic E-state index is -0.610. The molecule has 1 heterocycles. The van der Waals surface area contributed by atoms with E-state index in [1.165, 1.54) is 0 Å². The van der Waals surface area contributed by atoms with Crippen molar-refractivity contribution in [3.8, 4) is 11.5 Å². The van der Waals surface area contributed by atoms with Gasteiger partial charge in [0.1, 0.15) is 17.5 Å². The Bertz CT molecular complexity index is 1030. The lowest BCUT2D eigenvalue weighted by molar-refractivity contribution is -0.139. The van der Waals surface area contributed by atoms with Gasteiger partial charge in [-0.2, -0.15) is 0 Å². The average Bonchev–Trinajstić information content (AvgIpc) is 3.00. The number of halogens is 1. The molecule has 194 valence electrons. The van der Waals surface area contributed by atoms with Crippen molar-refractivity contribution in [3.63, 3.8) is 0 Å². The molecule has 1 fully saturated rings. The Balaban J connectivity index is 1.70. The summed E-state index contributed by atoms with van der Waals surface area (Å²) >= 11 is 2.10. The Morgan fingerprint density at radius 2 is 1.81 bits per heavy atom. The topological polar surface area (TPSA) is 102 Å². The van der Waals surface area contributed by atoms with Gasteiger partial charge in [0.15, 0.2) is 0 Å². The second-order valence-corrected chi connectivity index (χ2v) is 10.7. The van der Waals surface area contributed by atoms with Crippen molar-refractivity contribution in [2.45, 2.75) is 52.1 Å². The fraction of sp³-hybridized carbons (Fsp3) is 0.464. The maximum absolute atomic E-state index is 13.5. The summed E-state index contributed by atoms with van der Waals surface area (Å²) in [5.74, 6) is -0.258. The lowest BCUT2D eigenvalue weighted by Crippen LogP contribution is -2.51. The second-order valence-electron chi connectivity index (χ2n) is 9.78. The van der Waals surface area contributed by atoms with Gasteiger partial charge in [0, 0.05) is 17.5 Å². The molecule has 1 aliphatic heterocycles. The Morgan fingerprint density at radius 3 is 2.47 bits per heavy atom. The zero-order chi connectivity index (χ0) is 26.1. The molecule has 1 aliphatic rings. The Kier molecular flexibility index (Phi) is 10.6. The van der Waals surface area contributed by atoms with Crippen molar-refractivity contribution in [1.82, 2.24) is 10.2 Å². The number of ether oxygens (including phenoxy) is 1. The molecule has 36 heavy (non-hydrogen) atoms. The summed E-state index contributed by atoms with van der Waals surface area (Å²) in [6, 6.07) is 16.7. The standard InChI is InChI=1S/C28H36IN3O4/c1-19(2)15-23(24(17-29)26(30)33)27(34)31-25-13-6-7-14-32(28(25)35)18-20-9-8-12-22(16-20)36-21-10-4-3-5-11-21/h3-5,8-12,16,19,23-25H,6-7,13-15,17-18H2,1-2H3,(H2,30,33)(H,31,34)/t23?,24-,25-/m0/s1. The van der Waals surface area contributed by atoms with Gasteiger partial charge in [0.25, 0.3) is 0 Å². The fourth-order valence-electron chi connectivity index (χ4n) is 4.57. The van der Waals surface area contributed by atoms with E-state index >= 15 is 0 Å². The van der Waals surface area contributed by atoms with Crippen LogP contribution in [0.2, 0.25) is 0 Å². The molecular formula is C28H36IN3O4. The van der Waals surface area contributed by atoms with E-state index in [0.717, 1.165) is 24.2 Å². The van der Waals surface area contributed by atoms with E-state index in [1.54, 1.807) is 4.90 Å². The molecule has 1 unspecified atom stereocenters. The number of nitrogens with zero attached hydrogens (tertiary/aromatic N) is 1. The number of hydrogen-bond acceptors (Lipinski definition) is 4. The first-order valence-electron chi connectivity index (χ1n) is 12.5. The lowest BCUT2D eigenvalue weighted by Gasteiger charge is -2.28. The van der Waals surface area contributed by atoms with Crippen LogP contribution in [0.3, 0.4) is 0 Å². The van der Waals surface area contributed by atoms with Gasteiger partial charge in [-0.3, -0.25) is 14.4 Å². The summed E-state index contributed by atoms with van der Waals surface area (Å²) in [6.45, 7) is 5.09. The molecule has 3 N–H and O–H groups in total. The molecule has 0 radical (unpaired) electrons. The van der Waals surface area contributed by atoms with Crippen LogP contribution in [0.5, 0.6) is 11.5 Å². The molecule has 2 aromatic rings. The van der Waals surface area contributed by atoms with E-state index in [0.29, 0.717) is 36.1 Å². The molecule has 1 saturated heterocycles. The van der Waals surface area contributed by atoms with Gasteiger partial charge in [0.05, 0.1) is 11.8 Å². The number of para-hydroxylation sites is 1. The number of rotatable bonds is 11. The van der Waals surface area contributed by atoms with E-state index < -0.39 is 23.8 Å². The maximum Gasteiger partial charge on any atom is 0.245 e. The summed E-state index contributed by atoms with van der Waals surface area (Å²) in [7, 11) is 0. The first kappa shape index (κ1) is 28.0. The van der Waals surface area contributed by atoms with Crippen LogP contribution in [-0.4, -0.2) is 39.6 Å². The summed E-state index contributed by atoms with van der Waals surface area (Å²) in [4.78, 5) is 40.6. The van der Waals surface area contributed by atoms with Crippen molar-refractivity contribution in [1.29, 1.82) is 0 Å². The van der Waals surface area contributed by atoms with Crippen molar-refractivity contribution in [3.05, 3.63) is 60.2 Å². The summed E-state index contributed by atoms with van der Waals surface area (Å²) in [5.41, 5.74) is 6.57. The highest BCUT2D eigenvalue weighted by atomic mass is 127. The van der Waals surface area contributed by atoms with Crippen LogP contribution in [0, 0.1) is 17.8 Å². The SMILES string of the molecule is CC(C)CC(C(=O)N[C@H]1CCCCN(Cc2cccc(Oc3ccccc3)c2)C1=O)[C@H](CI)C(N)=O. The maximum atomic E-state index is 13.5. The van der Waals surface area contributed by atoms with E-state index in [9.17, 15) is 14.4 Å². The molecule has 0 bridgehead atoms. The molecule has 8 heteroatoms. The normalized spacial score (nSPS) is 17.8. The van der Waals surface area contributed by atoms with Gasteiger partial charge >= 0.3 is 0 Å². The highest BCUT2D eigenvalue weighted by molar-refractivity contribution is 14.1. The number of nitrogens with one attached hydrogen (secondary N) is 1. The number of amides is 3. The Hall–Kier alpha value is -2.62. The van der Waals surface area contributed by atoms with Gasteiger partial charge in [-0.1, -0.05) is 66.8 Å². The largest absolute Gasteiger partial charge is 0.457 e. The third-order valence-corrected chi connectivity index (χ3v) is 7.38. The molecular weight excluding hydrogens is 569 g/mol. The molecule has 0 spiro atoms. The van der Waals surface area contributed by atoms with E-state index in [1.807, 2.05) is 68.4 Å². The highest BCUT2D eigenvalue weighted by Crippen LogP contribution is 2.26. The summed E-state index contributed by atoms with van der Waals surface area (Å²) in [5, 5.41) is 2.98. The van der Waals surface area contributed by atoms with Gasteiger partial charge < -0.3 is 20.7 Å². The van der Waals surface area contributed by atoms with Gasteiger partial charge in [-0.15, -0.1) is 0 Å². The average molecular weight is 606 g/mol. The molecule has 0 aliphatic carbocycles. The van der Waals surface area contributed by atoms with Crippen LogP contribution in [0.15, 0.2) is 54.6 Å². The molecule has 2 aromatic carbocycles. The fourth-order valence-corrected chi connectivity index (χ4v) is 5.62. The third kappa shape index (κ3) is 7.94. The van der Waals surface area contributed by atoms with Crippen molar-refractivity contribution < 1.29 is 19.1 Å². The van der Waals surface area contributed by atoms with Crippen LogP contribution >= 0.6 is 22.6 Å². The number of primary amides is 1. The zero-order valence-electron chi connectivity index (χ0n) is 21.0. The molecule has 3 amide bonds. The number of alkyl halides is 1. The van der Waals surface area contributed by atoms with Crippen LogP contribution in [0.25, 0.3) is 0 Å². The number of carbonyl (C=O) groups excluding carboxylic acids is 3. The molecule has 0 saturated carbocycles. The Labute approximate surface area is 227 Å². The molecule has 3 atom stereocenters. The smallest absolute Gasteiger partial charge is 0.245 e. The zero-order valence-corrected chi connectivity index (χ0v) is 23.1. The highest BCUT2D eigenvalue weighted by Gasteiger charge is 2.35. The first-order chi connectivity index (χ1) is 17.3. The predicted octanol–water partition coefficient (Wildman–Crippen LogP) is 4.68. The van der Waals surface area contributed by atoms with Crippen molar-refractivity contribution in [2.75, 3.05) is 11.0 Å². The molecule has 0 aromatic heterocycles. The van der Waals surface area contributed by atoms with Gasteiger partial charge in [-0.05, 0) is 61.4 Å². The van der Waals surface area contributed by atoms with Gasteiger partial charge in [-0.25, -0.2) is 0 Å². The summed E-state index contributed by atoms with van der Waals surface area (Å²) in [6.07, 6.45) is 2.83. The van der Waals surface area contributed by atoms with Crippen LogP contribution in [-0.2, 0) is 20.9 Å². The van der Waals surface area contributed by atoms with E-state index in [2.05, 4.69) is 27.9 Å².